The van der Waals surface area contributed by atoms with Gasteiger partial charge in [-0.2, -0.15) is 0 Å². The van der Waals surface area contributed by atoms with E-state index in [1.54, 1.807) is 0 Å². The normalized spacial score (nSPS) is 18.2. The van der Waals surface area contributed by atoms with Crippen molar-refractivity contribution in [2.75, 3.05) is 25.5 Å². The average Bonchev–Trinajstić information content (AvgIpc) is 3.16. The van der Waals surface area contributed by atoms with Gasteiger partial charge in [0.15, 0.2) is 11.5 Å². The molecule has 0 aliphatic carbocycles. The summed E-state index contributed by atoms with van der Waals surface area (Å²) in [5.74, 6) is 2.06. The third-order valence-electron chi connectivity index (χ3n) is 5.76. The van der Waals surface area contributed by atoms with Gasteiger partial charge in [0, 0.05) is 13.0 Å². The molecule has 5 rings (SSSR count). The minimum atomic E-state index is 0.0778. The van der Waals surface area contributed by atoms with Gasteiger partial charge in [0.2, 0.25) is 5.91 Å². The van der Waals surface area contributed by atoms with E-state index in [0.29, 0.717) is 19.0 Å². The summed E-state index contributed by atoms with van der Waals surface area (Å²) in [6.45, 7) is 4.06. The first-order valence-corrected chi connectivity index (χ1v) is 11.7. The van der Waals surface area contributed by atoms with Crippen LogP contribution < -0.4 is 9.47 Å². The summed E-state index contributed by atoms with van der Waals surface area (Å²) < 4.78 is 11.6. The molecule has 1 amide bonds. The van der Waals surface area contributed by atoms with E-state index in [1.165, 1.54) is 11.8 Å². The molecule has 2 aliphatic heterocycles. The Hall–Kier alpha value is -2.80. The zero-order valence-corrected chi connectivity index (χ0v) is 18.4. The van der Waals surface area contributed by atoms with E-state index >= 15 is 0 Å². The van der Waals surface area contributed by atoms with Crippen LogP contribution in [0.5, 0.6) is 11.5 Å². The summed E-state index contributed by atoms with van der Waals surface area (Å²) in [7, 11) is 0. The number of hydrogen-bond donors (Lipinski definition) is 0. The Morgan fingerprint density at radius 3 is 2.68 bits per heavy atom. The van der Waals surface area contributed by atoms with Gasteiger partial charge in [0.25, 0.3) is 0 Å². The van der Waals surface area contributed by atoms with Crippen LogP contribution >= 0.6 is 11.8 Å². The van der Waals surface area contributed by atoms with Crippen LogP contribution in [0.4, 0.5) is 0 Å². The van der Waals surface area contributed by atoms with E-state index in [0.717, 1.165) is 64.6 Å². The standard InChI is InChI=1S/C24H25N3O3S/c1-16-24(26-19-7-3-2-6-18(19)25-16)31-15-23(28)27-11-4-8-20(27)17-9-10-21-22(14-17)30-13-5-12-29-21/h2-3,6-7,9-10,14,20H,4-5,8,11-13,15H2,1H3/t20-/m0/s1. The maximum Gasteiger partial charge on any atom is 0.233 e. The van der Waals surface area contributed by atoms with Gasteiger partial charge < -0.3 is 14.4 Å². The highest BCUT2D eigenvalue weighted by atomic mass is 32.2. The molecule has 2 aromatic carbocycles. The molecule has 0 N–H and O–H groups in total. The molecule has 160 valence electrons. The van der Waals surface area contributed by atoms with Crippen LogP contribution in [0.15, 0.2) is 47.5 Å². The second-order valence-corrected chi connectivity index (χ2v) is 8.86. The number of amides is 1. The summed E-state index contributed by atoms with van der Waals surface area (Å²) in [6, 6.07) is 14.0. The summed E-state index contributed by atoms with van der Waals surface area (Å²) in [5.41, 5.74) is 3.71. The average molecular weight is 436 g/mol. The molecule has 0 bridgehead atoms. The Morgan fingerprint density at radius 1 is 1.06 bits per heavy atom. The summed E-state index contributed by atoms with van der Waals surface area (Å²) in [4.78, 5) is 24.5. The van der Waals surface area contributed by atoms with Crippen LogP contribution in [-0.4, -0.2) is 46.3 Å². The second-order valence-electron chi connectivity index (χ2n) is 7.89. The first kappa shape index (κ1) is 20.1. The van der Waals surface area contributed by atoms with Crippen LogP contribution in [0, 0.1) is 6.92 Å². The van der Waals surface area contributed by atoms with Crippen LogP contribution in [0.1, 0.15) is 36.6 Å². The van der Waals surface area contributed by atoms with E-state index in [4.69, 9.17) is 14.5 Å². The molecule has 0 saturated carbocycles. The molecule has 31 heavy (non-hydrogen) atoms. The quantitative estimate of drug-likeness (QED) is 0.560. The highest BCUT2D eigenvalue weighted by Gasteiger charge is 2.31. The third-order valence-corrected chi connectivity index (χ3v) is 6.81. The number of ether oxygens (including phenoxy) is 2. The smallest absolute Gasteiger partial charge is 0.233 e. The molecule has 6 nitrogen and oxygen atoms in total. The van der Waals surface area contributed by atoms with Gasteiger partial charge in [0.1, 0.15) is 5.03 Å². The minimum Gasteiger partial charge on any atom is -0.490 e. The van der Waals surface area contributed by atoms with Crippen LogP contribution in [0.3, 0.4) is 0 Å². The number of carbonyl (C=O) groups is 1. The lowest BCUT2D eigenvalue weighted by Gasteiger charge is -2.25. The van der Waals surface area contributed by atoms with Crippen LogP contribution in [0.2, 0.25) is 0 Å². The highest BCUT2D eigenvalue weighted by Crippen LogP contribution is 2.38. The summed E-state index contributed by atoms with van der Waals surface area (Å²) >= 11 is 1.47. The Morgan fingerprint density at radius 2 is 1.84 bits per heavy atom. The predicted octanol–water partition coefficient (Wildman–Crippen LogP) is 4.56. The van der Waals surface area contributed by atoms with Crippen molar-refractivity contribution in [1.29, 1.82) is 0 Å². The number of nitrogens with zero attached hydrogens (tertiary/aromatic N) is 3. The van der Waals surface area contributed by atoms with E-state index in [-0.39, 0.29) is 11.9 Å². The van der Waals surface area contributed by atoms with Crippen molar-refractivity contribution in [3.05, 3.63) is 53.7 Å². The molecule has 1 atom stereocenters. The highest BCUT2D eigenvalue weighted by molar-refractivity contribution is 7.99. The Labute approximate surface area is 186 Å². The number of fused-ring (bicyclic) bond motifs is 2. The molecule has 0 radical (unpaired) electrons. The molecule has 3 heterocycles. The van der Waals surface area contributed by atoms with Crippen molar-refractivity contribution in [1.82, 2.24) is 14.9 Å². The number of aryl methyl sites for hydroxylation is 1. The van der Waals surface area contributed by atoms with Crippen molar-refractivity contribution < 1.29 is 14.3 Å². The zero-order valence-electron chi connectivity index (χ0n) is 17.5. The number of likely N-dealkylation sites (tertiary alicyclic amines) is 1. The van der Waals surface area contributed by atoms with Crippen LogP contribution in [0.25, 0.3) is 11.0 Å². The first-order valence-electron chi connectivity index (χ1n) is 10.7. The Kier molecular flexibility index (Phi) is 5.68. The maximum absolute atomic E-state index is 13.1. The van der Waals surface area contributed by atoms with Gasteiger partial charge in [0.05, 0.1) is 41.7 Å². The molecular formula is C24H25N3O3S. The fourth-order valence-electron chi connectivity index (χ4n) is 4.22. The molecule has 0 unspecified atom stereocenters. The van der Waals surface area contributed by atoms with Crippen molar-refractivity contribution >= 4 is 28.7 Å². The van der Waals surface area contributed by atoms with E-state index in [1.807, 2.05) is 48.2 Å². The largest absolute Gasteiger partial charge is 0.490 e. The fraction of sp³-hybridized carbons (Fsp3) is 0.375. The SMILES string of the molecule is Cc1nc2ccccc2nc1SCC(=O)N1CCC[C@H]1c1ccc2c(c1)OCCCO2. The van der Waals surface area contributed by atoms with Crippen molar-refractivity contribution in [3.63, 3.8) is 0 Å². The van der Waals surface area contributed by atoms with Crippen molar-refractivity contribution in [2.45, 2.75) is 37.3 Å². The maximum atomic E-state index is 13.1. The van der Waals surface area contributed by atoms with Gasteiger partial charge in [-0.15, -0.1) is 0 Å². The lowest BCUT2D eigenvalue weighted by Crippen LogP contribution is -2.32. The molecule has 2 aliphatic rings. The number of rotatable bonds is 4. The lowest BCUT2D eigenvalue weighted by atomic mass is 10.0. The van der Waals surface area contributed by atoms with Gasteiger partial charge >= 0.3 is 0 Å². The summed E-state index contributed by atoms with van der Waals surface area (Å²) in [6.07, 6.45) is 2.85. The summed E-state index contributed by atoms with van der Waals surface area (Å²) in [5, 5.41) is 0.818. The number of para-hydroxylation sites is 2. The molecule has 7 heteroatoms. The minimum absolute atomic E-state index is 0.0778. The van der Waals surface area contributed by atoms with Crippen molar-refractivity contribution in [2.24, 2.45) is 0 Å². The number of hydrogen-bond acceptors (Lipinski definition) is 6. The third kappa shape index (κ3) is 4.19. The molecule has 1 fully saturated rings. The zero-order chi connectivity index (χ0) is 21.2. The van der Waals surface area contributed by atoms with Crippen LogP contribution in [-0.2, 0) is 4.79 Å². The Balaban J connectivity index is 1.30. The fourth-order valence-corrected chi connectivity index (χ4v) is 5.06. The lowest BCUT2D eigenvalue weighted by molar-refractivity contribution is -0.129. The van der Waals surface area contributed by atoms with Gasteiger partial charge in [-0.25, -0.2) is 9.97 Å². The van der Waals surface area contributed by atoms with E-state index in [9.17, 15) is 4.79 Å². The number of carbonyl (C=O) groups excluding carboxylic acids is 1. The predicted molar refractivity (Wildman–Crippen MR) is 121 cm³/mol. The number of benzene rings is 2. The van der Waals surface area contributed by atoms with Gasteiger partial charge in [-0.1, -0.05) is 30.0 Å². The molecule has 3 aromatic rings. The molecule has 1 saturated heterocycles. The van der Waals surface area contributed by atoms with Gasteiger partial charge in [-0.3, -0.25) is 4.79 Å². The first-order chi connectivity index (χ1) is 15.2. The Bertz CT molecular complexity index is 1120. The molecular weight excluding hydrogens is 410 g/mol. The molecule has 0 spiro atoms. The number of aromatic nitrogens is 2. The molecule has 1 aromatic heterocycles. The van der Waals surface area contributed by atoms with E-state index in [2.05, 4.69) is 11.1 Å². The second kappa shape index (κ2) is 8.75. The monoisotopic (exact) mass is 435 g/mol. The topological polar surface area (TPSA) is 64.6 Å². The van der Waals surface area contributed by atoms with Gasteiger partial charge in [-0.05, 0) is 49.6 Å². The van der Waals surface area contributed by atoms with Crippen molar-refractivity contribution in [3.8, 4) is 11.5 Å². The number of thioether (sulfide) groups is 1. The van der Waals surface area contributed by atoms with E-state index < -0.39 is 0 Å².